The zero-order valence-electron chi connectivity index (χ0n) is 14.8. The highest BCUT2D eigenvalue weighted by Crippen LogP contribution is 2.33. The number of benzene rings is 1. The number of fused-ring (bicyclic) bond motifs is 1. The maximum atomic E-state index is 12.3. The first kappa shape index (κ1) is 16.8. The van der Waals surface area contributed by atoms with Gasteiger partial charge in [0, 0.05) is 24.4 Å². The molecule has 3 rings (SSSR count). The molecule has 2 aliphatic rings. The molecule has 0 aromatic heterocycles. The minimum atomic E-state index is 0.343. The molecule has 0 saturated carbocycles. The Morgan fingerprint density at radius 3 is 2.79 bits per heavy atom. The van der Waals surface area contributed by atoms with Gasteiger partial charge in [-0.2, -0.15) is 0 Å². The molecule has 2 heterocycles. The van der Waals surface area contributed by atoms with Crippen molar-refractivity contribution in [2.45, 2.75) is 58.0 Å². The molecule has 0 spiro atoms. The normalized spacial score (nSPS) is 22.5. The second-order valence-corrected chi connectivity index (χ2v) is 6.96. The predicted octanol–water partition coefficient (Wildman–Crippen LogP) is 4.13. The van der Waals surface area contributed by atoms with Gasteiger partial charge in [0.25, 0.3) is 0 Å². The highest BCUT2D eigenvalue weighted by Gasteiger charge is 2.35. The molecule has 1 fully saturated rings. The van der Waals surface area contributed by atoms with Crippen LogP contribution in [-0.4, -0.2) is 29.3 Å². The summed E-state index contributed by atoms with van der Waals surface area (Å²) in [6, 6.07) is 11.2. The van der Waals surface area contributed by atoms with Crippen LogP contribution in [0.1, 0.15) is 51.5 Å². The van der Waals surface area contributed by atoms with Crippen LogP contribution in [-0.2, 0) is 4.79 Å². The lowest BCUT2D eigenvalue weighted by Gasteiger charge is -2.28. The number of ketones is 1. The first-order chi connectivity index (χ1) is 11.7. The van der Waals surface area contributed by atoms with Crippen molar-refractivity contribution in [1.29, 1.82) is 0 Å². The van der Waals surface area contributed by atoms with Gasteiger partial charge in [-0.15, -0.1) is 0 Å². The van der Waals surface area contributed by atoms with Crippen LogP contribution in [0.15, 0.2) is 48.3 Å². The molecule has 128 valence electrons. The summed E-state index contributed by atoms with van der Waals surface area (Å²) in [6.45, 7) is 4.95. The van der Waals surface area contributed by atoms with E-state index in [1.54, 1.807) is 0 Å². The number of carbonyl (C=O) groups is 1. The summed E-state index contributed by atoms with van der Waals surface area (Å²) in [5.74, 6) is 0.368. The van der Waals surface area contributed by atoms with Crippen molar-refractivity contribution in [2.75, 3.05) is 6.54 Å². The van der Waals surface area contributed by atoms with Gasteiger partial charge in [-0.25, -0.2) is 0 Å². The maximum absolute atomic E-state index is 12.3. The predicted molar refractivity (Wildman–Crippen MR) is 99.4 cm³/mol. The summed E-state index contributed by atoms with van der Waals surface area (Å²) in [4.78, 5) is 14.6. The SMILES string of the molecule is CCCCCC(=O)CN1C2=CC(c3ccccc3)=CNC2CC1C. The lowest BCUT2D eigenvalue weighted by Crippen LogP contribution is -2.34. The fourth-order valence-electron chi connectivity index (χ4n) is 3.66. The van der Waals surface area contributed by atoms with Crippen molar-refractivity contribution in [3.8, 4) is 0 Å². The molecular weight excluding hydrogens is 296 g/mol. The second-order valence-electron chi connectivity index (χ2n) is 6.96. The van der Waals surface area contributed by atoms with E-state index in [9.17, 15) is 4.79 Å². The van der Waals surface area contributed by atoms with Crippen LogP contribution in [0.2, 0.25) is 0 Å². The largest absolute Gasteiger partial charge is 0.382 e. The Hall–Kier alpha value is -2.03. The Kier molecular flexibility index (Phi) is 5.39. The van der Waals surface area contributed by atoms with Gasteiger partial charge in [0.05, 0.1) is 12.6 Å². The van der Waals surface area contributed by atoms with Crippen LogP contribution in [0.25, 0.3) is 5.57 Å². The average molecular weight is 324 g/mol. The lowest BCUT2D eigenvalue weighted by atomic mass is 10.0. The third-order valence-electron chi connectivity index (χ3n) is 5.05. The van der Waals surface area contributed by atoms with Crippen molar-refractivity contribution in [2.24, 2.45) is 0 Å². The summed E-state index contributed by atoms with van der Waals surface area (Å²) in [6.07, 6.45) is 9.48. The fraction of sp³-hybridized carbons (Fsp3) is 0.476. The Labute approximate surface area is 145 Å². The number of allylic oxidation sites excluding steroid dienone is 2. The minimum absolute atomic E-state index is 0.343. The van der Waals surface area contributed by atoms with Gasteiger partial charge < -0.3 is 10.2 Å². The van der Waals surface area contributed by atoms with Gasteiger partial charge in [-0.05, 0) is 37.0 Å². The summed E-state index contributed by atoms with van der Waals surface area (Å²) in [5, 5.41) is 3.53. The van der Waals surface area contributed by atoms with E-state index in [1.807, 2.05) is 6.07 Å². The second kappa shape index (κ2) is 7.69. The topological polar surface area (TPSA) is 32.3 Å². The number of nitrogens with one attached hydrogen (secondary N) is 1. The Balaban J connectivity index is 1.72. The van der Waals surface area contributed by atoms with Crippen molar-refractivity contribution in [3.63, 3.8) is 0 Å². The molecule has 2 unspecified atom stereocenters. The quantitative estimate of drug-likeness (QED) is 0.766. The van der Waals surface area contributed by atoms with Gasteiger partial charge in [0.1, 0.15) is 0 Å². The molecule has 2 aliphatic heterocycles. The van der Waals surface area contributed by atoms with Crippen molar-refractivity contribution < 1.29 is 4.79 Å². The first-order valence-corrected chi connectivity index (χ1v) is 9.20. The number of hydrogen-bond acceptors (Lipinski definition) is 3. The number of dihydropyridines is 1. The number of Topliss-reactive ketones (excluding diaryl/α,β-unsaturated/α-hetero) is 1. The van der Waals surface area contributed by atoms with E-state index in [0.29, 0.717) is 30.8 Å². The molecule has 24 heavy (non-hydrogen) atoms. The maximum Gasteiger partial charge on any atom is 0.152 e. The van der Waals surface area contributed by atoms with Crippen LogP contribution in [0.4, 0.5) is 0 Å². The number of likely N-dealkylation sites (tertiary alicyclic amines) is 1. The molecule has 3 nitrogen and oxygen atoms in total. The van der Waals surface area contributed by atoms with Crippen molar-refractivity contribution in [1.82, 2.24) is 10.2 Å². The van der Waals surface area contributed by atoms with E-state index < -0.39 is 0 Å². The highest BCUT2D eigenvalue weighted by molar-refractivity contribution is 5.81. The molecular formula is C21H28N2O. The van der Waals surface area contributed by atoms with Crippen molar-refractivity contribution in [3.05, 3.63) is 53.9 Å². The van der Waals surface area contributed by atoms with E-state index in [-0.39, 0.29) is 0 Å². The number of nitrogens with zero attached hydrogens (tertiary/aromatic N) is 1. The van der Waals surface area contributed by atoms with Gasteiger partial charge >= 0.3 is 0 Å². The molecule has 1 N–H and O–H groups in total. The monoisotopic (exact) mass is 324 g/mol. The van der Waals surface area contributed by atoms with Crippen LogP contribution in [0.5, 0.6) is 0 Å². The number of rotatable bonds is 7. The Morgan fingerprint density at radius 2 is 2.04 bits per heavy atom. The Morgan fingerprint density at radius 1 is 1.25 bits per heavy atom. The molecule has 2 atom stereocenters. The standard InChI is InChI=1S/C21H28N2O/c1-3-4-6-11-19(24)15-23-16(2)12-20-21(23)13-18(14-22-20)17-9-7-5-8-10-17/h5,7-10,13-14,16,20,22H,3-4,6,11-12,15H2,1-2H3. The number of carbonyl (C=O) groups excluding carboxylic acids is 1. The third-order valence-corrected chi connectivity index (χ3v) is 5.05. The van der Waals surface area contributed by atoms with Gasteiger partial charge in [0.15, 0.2) is 5.78 Å². The van der Waals surface area contributed by atoms with Gasteiger partial charge in [0.2, 0.25) is 0 Å². The third kappa shape index (κ3) is 3.72. The van der Waals surface area contributed by atoms with Gasteiger partial charge in [-0.1, -0.05) is 50.1 Å². The molecule has 0 amide bonds. The Bertz CT molecular complexity index is 632. The fourth-order valence-corrected chi connectivity index (χ4v) is 3.66. The summed E-state index contributed by atoms with van der Waals surface area (Å²) < 4.78 is 0. The summed E-state index contributed by atoms with van der Waals surface area (Å²) in [5.41, 5.74) is 3.68. The minimum Gasteiger partial charge on any atom is -0.382 e. The lowest BCUT2D eigenvalue weighted by molar-refractivity contribution is -0.120. The molecule has 0 bridgehead atoms. The van der Waals surface area contributed by atoms with E-state index >= 15 is 0 Å². The van der Waals surface area contributed by atoms with Crippen molar-refractivity contribution >= 4 is 11.4 Å². The van der Waals surface area contributed by atoms with E-state index in [4.69, 9.17) is 0 Å². The van der Waals surface area contributed by atoms with Crippen LogP contribution in [0, 0.1) is 0 Å². The molecule has 0 aliphatic carbocycles. The molecule has 1 aromatic rings. The van der Waals surface area contributed by atoms with E-state index in [2.05, 4.69) is 60.6 Å². The van der Waals surface area contributed by atoms with E-state index in [1.165, 1.54) is 16.8 Å². The molecule has 1 saturated heterocycles. The molecule has 3 heteroatoms. The number of unbranched alkanes of at least 4 members (excludes halogenated alkanes) is 2. The van der Waals surface area contributed by atoms with Crippen LogP contribution in [0.3, 0.4) is 0 Å². The van der Waals surface area contributed by atoms with E-state index in [0.717, 1.165) is 25.7 Å². The number of hydrogen-bond donors (Lipinski definition) is 1. The summed E-state index contributed by atoms with van der Waals surface area (Å²) >= 11 is 0. The first-order valence-electron chi connectivity index (χ1n) is 9.20. The molecule has 1 aromatic carbocycles. The zero-order chi connectivity index (χ0) is 16.9. The molecule has 0 radical (unpaired) electrons. The van der Waals surface area contributed by atoms with Crippen LogP contribution >= 0.6 is 0 Å². The average Bonchev–Trinajstić information content (AvgIpc) is 2.91. The summed E-state index contributed by atoms with van der Waals surface area (Å²) in [7, 11) is 0. The smallest absolute Gasteiger partial charge is 0.152 e. The van der Waals surface area contributed by atoms with Crippen LogP contribution < -0.4 is 5.32 Å². The van der Waals surface area contributed by atoms with Gasteiger partial charge in [-0.3, -0.25) is 4.79 Å². The zero-order valence-corrected chi connectivity index (χ0v) is 14.8. The highest BCUT2D eigenvalue weighted by atomic mass is 16.1.